The molecule has 0 fully saturated rings. The minimum atomic E-state index is -4.12. The van der Waals surface area contributed by atoms with Crippen molar-refractivity contribution in [3.8, 4) is 0 Å². The highest BCUT2D eigenvalue weighted by atomic mass is 32.2. The molecule has 2 aromatic rings. The van der Waals surface area contributed by atoms with E-state index in [9.17, 15) is 30.4 Å². The minimum Gasteiger partial charge on any atom is -0.325 e. The van der Waals surface area contributed by atoms with Gasteiger partial charge in [-0.1, -0.05) is 18.2 Å². The molecule has 0 saturated carbocycles. The van der Waals surface area contributed by atoms with Crippen molar-refractivity contribution in [2.75, 3.05) is 17.3 Å². The van der Waals surface area contributed by atoms with Crippen LogP contribution in [0, 0.1) is 11.6 Å². The Kier molecular flexibility index (Phi) is 6.86. The third-order valence-electron chi connectivity index (χ3n) is 3.63. The second-order valence-electron chi connectivity index (χ2n) is 6.02. The zero-order valence-corrected chi connectivity index (χ0v) is 16.4. The smallest absolute Gasteiger partial charge is 0.242 e. The van der Waals surface area contributed by atoms with Crippen molar-refractivity contribution in [3.05, 3.63) is 60.2 Å². The van der Waals surface area contributed by atoms with E-state index in [0.29, 0.717) is 0 Å². The number of anilines is 1. The van der Waals surface area contributed by atoms with Gasteiger partial charge in [-0.15, -0.1) is 0 Å². The van der Waals surface area contributed by atoms with Gasteiger partial charge in [-0.2, -0.15) is 4.72 Å². The molecule has 0 heterocycles. The van der Waals surface area contributed by atoms with Gasteiger partial charge in [-0.25, -0.2) is 25.6 Å². The van der Waals surface area contributed by atoms with E-state index < -0.39 is 49.2 Å². The first-order chi connectivity index (χ1) is 13.0. The Morgan fingerprint density at radius 1 is 1.00 bits per heavy atom. The molecular formula is C17H18F2N2O5S2. The molecule has 7 nitrogen and oxygen atoms in total. The van der Waals surface area contributed by atoms with Crippen LogP contribution in [0.15, 0.2) is 53.4 Å². The standard InChI is InChI=1S/C17H18F2N2O5S2/c1-27(23,24)10-9-16(21-28(25,26)13-5-3-2-4-6-13)17(22)20-12-7-8-14(18)15(19)11-12/h2-8,11,16,21H,9-10H2,1H3,(H,20,22)/t16-/m1/s1. The number of halogens is 2. The van der Waals surface area contributed by atoms with Gasteiger partial charge in [0.2, 0.25) is 15.9 Å². The second kappa shape index (κ2) is 8.76. The highest BCUT2D eigenvalue weighted by molar-refractivity contribution is 7.90. The van der Waals surface area contributed by atoms with Crippen molar-refractivity contribution in [3.63, 3.8) is 0 Å². The second-order valence-corrected chi connectivity index (χ2v) is 10.00. The van der Waals surface area contributed by atoms with Gasteiger partial charge >= 0.3 is 0 Å². The van der Waals surface area contributed by atoms with Crippen molar-refractivity contribution in [1.82, 2.24) is 4.72 Å². The lowest BCUT2D eigenvalue weighted by molar-refractivity contribution is -0.117. The Labute approximate surface area is 161 Å². The van der Waals surface area contributed by atoms with E-state index in [1.165, 1.54) is 24.3 Å². The van der Waals surface area contributed by atoms with Crippen molar-refractivity contribution < 1.29 is 30.4 Å². The molecule has 0 aromatic heterocycles. The summed E-state index contributed by atoms with van der Waals surface area (Å²) < 4.78 is 76.3. The Balaban J connectivity index is 2.25. The Bertz CT molecular complexity index is 1060. The Morgan fingerprint density at radius 2 is 1.64 bits per heavy atom. The molecule has 11 heteroatoms. The third kappa shape index (κ3) is 6.36. The van der Waals surface area contributed by atoms with Gasteiger partial charge in [0.25, 0.3) is 0 Å². The molecule has 0 saturated heterocycles. The molecule has 0 radical (unpaired) electrons. The SMILES string of the molecule is CS(=O)(=O)CC[C@@H](NS(=O)(=O)c1ccccc1)C(=O)Nc1ccc(F)c(F)c1. The van der Waals surface area contributed by atoms with Gasteiger partial charge in [0.15, 0.2) is 11.6 Å². The number of carbonyl (C=O) groups is 1. The van der Waals surface area contributed by atoms with Crippen LogP contribution in [0.3, 0.4) is 0 Å². The summed E-state index contributed by atoms with van der Waals surface area (Å²) in [5, 5.41) is 2.25. The summed E-state index contributed by atoms with van der Waals surface area (Å²) in [6.45, 7) is 0. The van der Waals surface area contributed by atoms with Crippen molar-refractivity contribution in [2.24, 2.45) is 0 Å². The molecule has 28 heavy (non-hydrogen) atoms. The molecule has 0 aliphatic carbocycles. The first-order valence-electron chi connectivity index (χ1n) is 7.99. The molecular weight excluding hydrogens is 414 g/mol. The molecule has 0 unspecified atom stereocenters. The zero-order valence-electron chi connectivity index (χ0n) is 14.7. The summed E-state index contributed by atoms with van der Waals surface area (Å²) in [6, 6.07) is 8.37. The number of nitrogens with one attached hydrogen (secondary N) is 2. The van der Waals surface area contributed by atoms with E-state index in [1.807, 2.05) is 0 Å². The summed E-state index contributed by atoms with van der Waals surface area (Å²) in [6.07, 6.45) is 0.601. The van der Waals surface area contributed by atoms with E-state index in [0.717, 1.165) is 24.5 Å². The van der Waals surface area contributed by atoms with Crippen LogP contribution >= 0.6 is 0 Å². The molecule has 0 aliphatic rings. The molecule has 2 N–H and O–H groups in total. The highest BCUT2D eigenvalue weighted by Crippen LogP contribution is 2.15. The van der Waals surface area contributed by atoms with Crippen LogP contribution < -0.4 is 10.0 Å². The summed E-state index contributed by atoms with van der Waals surface area (Å²) >= 11 is 0. The lowest BCUT2D eigenvalue weighted by Crippen LogP contribution is -2.44. The van der Waals surface area contributed by atoms with Crippen LogP contribution in [-0.4, -0.2) is 40.8 Å². The predicted octanol–water partition coefficient (Wildman–Crippen LogP) is 1.69. The van der Waals surface area contributed by atoms with Crippen LogP contribution in [-0.2, 0) is 24.7 Å². The molecule has 0 aliphatic heterocycles. The van der Waals surface area contributed by atoms with Crippen LogP contribution in [0.1, 0.15) is 6.42 Å². The summed E-state index contributed by atoms with van der Waals surface area (Å²) in [7, 11) is -7.60. The number of amides is 1. The van der Waals surface area contributed by atoms with Gasteiger partial charge in [-0.05, 0) is 30.7 Å². The monoisotopic (exact) mass is 432 g/mol. The minimum absolute atomic E-state index is 0.104. The van der Waals surface area contributed by atoms with Crippen LogP contribution in [0.25, 0.3) is 0 Å². The average Bonchev–Trinajstić information content (AvgIpc) is 2.61. The molecule has 0 bridgehead atoms. The van der Waals surface area contributed by atoms with Crippen molar-refractivity contribution >= 4 is 31.5 Å². The van der Waals surface area contributed by atoms with Crippen LogP contribution in [0.4, 0.5) is 14.5 Å². The maximum atomic E-state index is 13.3. The molecule has 1 amide bonds. The van der Waals surface area contributed by atoms with Gasteiger partial charge in [0.05, 0.1) is 10.6 Å². The molecule has 2 aromatic carbocycles. The van der Waals surface area contributed by atoms with E-state index in [-0.39, 0.29) is 17.0 Å². The summed E-state index contributed by atoms with van der Waals surface area (Å²) in [5.41, 5.74) is -0.104. The Morgan fingerprint density at radius 3 is 2.21 bits per heavy atom. The third-order valence-corrected chi connectivity index (χ3v) is 6.10. The maximum Gasteiger partial charge on any atom is 0.242 e. The fourth-order valence-electron chi connectivity index (χ4n) is 2.23. The molecule has 1 atom stereocenters. The molecule has 2 rings (SSSR count). The first kappa shape index (κ1) is 21.9. The number of rotatable bonds is 8. The van der Waals surface area contributed by atoms with Gasteiger partial charge in [0.1, 0.15) is 15.9 Å². The normalized spacial score (nSPS) is 13.1. The lowest BCUT2D eigenvalue weighted by atomic mass is 10.2. The maximum absolute atomic E-state index is 13.3. The van der Waals surface area contributed by atoms with Crippen LogP contribution in [0.5, 0.6) is 0 Å². The van der Waals surface area contributed by atoms with Crippen LogP contribution in [0.2, 0.25) is 0 Å². The van der Waals surface area contributed by atoms with Gasteiger partial charge in [-0.3, -0.25) is 4.79 Å². The van der Waals surface area contributed by atoms with E-state index in [1.54, 1.807) is 6.07 Å². The average molecular weight is 432 g/mol. The topological polar surface area (TPSA) is 109 Å². The Hall–Kier alpha value is -2.37. The van der Waals surface area contributed by atoms with Crippen molar-refractivity contribution in [1.29, 1.82) is 0 Å². The van der Waals surface area contributed by atoms with E-state index in [2.05, 4.69) is 10.0 Å². The first-order valence-corrected chi connectivity index (χ1v) is 11.5. The van der Waals surface area contributed by atoms with Gasteiger partial charge < -0.3 is 5.32 Å². The number of hydrogen-bond donors (Lipinski definition) is 2. The number of benzene rings is 2. The molecule has 152 valence electrons. The zero-order chi connectivity index (χ0) is 20.9. The number of hydrogen-bond acceptors (Lipinski definition) is 5. The largest absolute Gasteiger partial charge is 0.325 e. The highest BCUT2D eigenvalue weighted by Gasteiger charge is 2.27. The fraction of sp³-hybridized carbons (Fsp3) is 0.235. The van der Waals surface area contributed by atoms with E-state index in [4.69, 9.17) is 0 Å². The fourth-order valence-corrected chi connectivity index (χ4v) is 4.15. The predicted molar refractivity (Wildman–Crippen MR) is 99.9 cm³/mol. The summed E-state index contributed by atoms with van der Waals surface area (Å²) in [5.74, 6) is -3.68. The molecule has 0 spiro atoms. The van der Waals surface area contributed by atoms with Crippen molar-refractivity contribution in [2.45, 2.75) is 17.4 Å². The number of sulfone groups is 1. The van der Waals surface area contributed by atoms with Gasteiger partial charge in [0, 0.05) is 18.0 Å². The quantitative estimate of drug-likeness (QED) is 0.660. The lowest BCUT2D eigenvalue weighted by Gasteiger charge is -2.18. The van der Waals surface area contributed by atoms with E-state index >= 15 is 0 Å². The number of sulfonamides is 1. The number of carbonyl (C=O) groups excluding carboxylic acids is 1. The summed E-state index contributed by atoms with van der Waals surface area (Å²) in [4.78, 5) is 12.4.